The molecule has 1 N–H and O–H groups in total. The molecule has 2 aromatic heterocycles. The molecular weight excluding hydrogens is 358 g/mol. The molecule has 126 valence electrons. The van der Waals surface area contributed by atoms with Gasteiger partial charge in [0.2, 0.25) is 10.1 Å². The third-order valence-electron chi connectivity index (χ3n) is 3.53. The van der Waals surface area contributed by atoms with Crippen molar-refractivity contribution in [2.24, 2.45) is 0 Å². The summed E-state index contributed by atoms with van der Waals surface area (Å²) in [5.41, 5.74) is 1.72. The topological polar surface area (TPSA) is 64.3 Å². The average Bonchev–Trinajstić information content (AvgIpc) is 3.18. The Labute approximate surface area is 153 Å². The van der Waals surface area contributed by atoms with Gasteiger partial charge in [-0.2, -0.15) is 4.52 Å². The number of fused-ring (bicyclic) bond motifs is 1. The molecule has 2 aromatic carbocycles. The summed E-state index contributed by atoms with van der Waals surface area (Å²) in [6, 6.07) is 15.2. The van der Waals surface area contributed by atoms with Gasteiger partial charge in [0.25, 0.3) is 0 Å². The number of nitrogens with zero attached hydrogens (tertiary/aromatic N) is 4. The minimum absolute atomic E-state index is 0.637. The minimum atomic E-state index is 0.637. The second kappa shape index (κ2) is 6.70. The van der Waals surface area contributed by atoms with Gasteiger partial charge in [0.05, 0.1) is 17.3 Å². The summed E-state index contributed by atoms with van der Waals surface area (Å²) in [6.07, 6.45) is 0. The number of ether oxygens (including phenoxy) is 1. The smallest absolute Gasteiger partial charge is 0.236 e. The number of hydrogen-bond donors (Lipinski definition) is 1. The Balaban J connectivity index is 1.65. The van der Waals surface area contributed by atoms with Gasteiger partial charge in [-0.25, -0.2) is 0 Å². The zero-order valence-electron chi connectivity index (χ0n) is 13.3. The van der Waals surface area contributed by atoms with Crippen LogP contribution in [0.3, 0.4) is 0 Å². The van der Waals surface area contributed by atoms with Crippen LogP contribution >= 0.6 is 22.9 Å². The lowest BCUT2D eigenvalue weighted by Crippen LogP contribution is -1.95. The monoisotopic (exact) mass is 371 g/mol. The first-order chi connectivity index (χ1) is 12.2. The fourth-order valence-corrected chi connectivity index (χ4v) is 3.33. The molecule has 6 nitrogen and oxygen atoms in total. The SMILES string of the molecule is CCOc1ccc(-c2nnc3sc(Nc4ccccc4Cl)nn23)cc1. The Morgan fingerprint density at radius 1 is 1.12 bits per heavy atom. The second-order valence-corrected chi connectivity index (χ2v) is 6.55. The molecule has 4 aromatic rings. The van der Waals surface area contributed by atoms with Crippen LogP contribution in [0.5, 0.6) is 5.75 Å². The van der Waals surface area contributed by atoms with E-state index in [9.17, 15) is 0 Å². The predicted molar refractivity (Wildman–Crippen MR) is 100.0 cm³/mol. The normalized spacial score (nSPS) is 11.0. The lowest BCUT2D eigenvalue weighted by Gasteiger charge is -2.04. The van der Waals surface area contributed by atoms with Crippen LogP contribution in [0.1, 0.15) is 6.92 Å². The number of aromatic nitrogens is 4. The fraction of sp³-hybridized carbons (Fsp3) is 0.118. The van der Waals surface area contributed by atoms with Gasteiger partial charge in [-0.1, -0.05) is 35.1 Å². The first-order valence-corrected chi connectivity index (χ1v) is 8.91. The molecule has 0 aliphatic carbocycles. The van der Waals surface area contributed by atoms with Crippen LogP contribution in [0.4, 0.5) is 10.8 Å². The van der Waals surface area contributed by atoms with Gasteiger partial charge < -0.3 is 10.1 Å². The molecule has 0 aliphatic heterocycles. The van der Waals surface area contributed by atoms with Gasteiger partial charge in [0.1, 0.15) is 5.75 Å². The van der Waals surface area contributed by atoms with Crippen LogP contribution in [-0.2, 0) is 0 Å². The maximum absolute atomic E-state index is 6.18. The maximum atomic E-state index is 6.18. The number of anilines is 2. The van der Waals surface area contributed by atoms with E-state index in [2.05, 4.69) is 20.6 Å². The first-order valence-electron chi connectivity index (χ1n) is 7.71. The van der Waals surface area contributed by atoms with Crippen LogP contribution in [-0.4, -0.2) is 26.4 Å². The fourth-order valence-electron chi connectivity index (χ4n) is 2.39. The minimum Gasteiger partial charge on any atom is -0.494 e. The van der Waals surface area contributed by atoms with Crippen LogP contribution in [0.25, 0.3) is 16.3 Å². The maximum Gasteiger partial charge on any atom is 0.236 e. The third-order valence-corrected chi connectivity index (χ3v) is 4.67. The van der Waals surface area contributed by atoms with Crippen molar-refractivity contribution in [2.75, 3.05) is 11.9 Å². The largest absolute Gasteiger partial charge is 0.494 e. The van der Waals surface area contributed by atoms with Crippen molar-refractivity contribution in [1.29, 1.82) is 0 Å². The summed E-state index contributed by atoms with van der Waals surface area (Å²) in [7, 11) is 0. The zero-order valence-corrected chi connectivity index (χ0v) is 14.9. The molecule has 0 amide bonds. The lowest BCUT2D eigenvalue weighted by molar-refractivity contribution is 0.340. The molecule has 0 aliphatic rings. The third kappa shape index (κ3) is 3.16. The highest BCUT2D eigenvalue weighted by molar-refractivity contribution is 7.20. The van der Waals surface area contributed by atoms with Crippen molar-refractivity contribution in [2.45, 2.75) is 6.92 Å². The summed E-state index contributed by atoms with van der Waals surface area (Å²) in [4.78, 5) is 0.707. The van der Waals surface area contributed by atoms with Crippen molar-refractivity contribution in [3.63, 3.8) is 0 Å². The van der Waals surface area contributed by atoms with E-state index >= 15 is 0 Å². The number of benzene rings is 2. The number of halogens is 1. The van der Waals surface area contributed by atoms with Crippen LogP contribution < -0.4 is 10.1 Å². The quantitative estimate of drug-likeness (QED) is 0.553. The number of hydrogen-bond acceptors (Lipinski definition) is 6. The van der Waals surface area contributed by atoms with Gasteiger partial charge in [0, 0.05) is 5.56 Å². The van der Waals surface area contributed by atoms with Crippen LogP contribution in [0.15, 0.2) is 48.5 Å². The molecule has 0 saturated carbocycles. The summed E-state index contributed by atoms with van der Waals surface area (Å²) in [5, 5.41) is 17.5. The summed E-state index contributed by atoms with van der Waals surface area (Å²) < 4.78 is 7.19. The van der Waals surface area contributed by atoms with Crippen LogP contribution in [0.2, 0.25) is 5.02 Å². The van der Waals surface area contributed by atoms with Crippen molar-refractivity contribution >= 4 is 38.7 Å². The molecule has 8 heteroatoms. The van der Waals surface area contributed by atoms with Gasteiger partial charge in [-0.15, -0.1) is 15.3 Å². The second-order valence-electron chi connectivity index (χ2n) is 5.19. The molecule has 0 fully saturated rings. The molecule has 25 heavy (non-hydrogen) atoms. The Morgan fingerprint density at radius 3 is 2.68 bits per heavy atom. The Bertz CT molecular complexity index is 1010. The Kier molecular flexibility index (Phi) is 4.25. The molecule has 0 saturated heterocycles. The molecule has 0 unspecified atom stereocenters. The van der Waals surface area contributed by atoms with E-state index in [1.54, 1.807) is 4.52 Å². The number of nitrogens with one attached hydrogen (secondary N) is 1. The predicted octanol–water partition coefficient (Wildman–Crippen LogP) is 4.65. The highest BCUT2D eigenvalue weighted by Gasteiger charge is 2.14. The van der Waals surface area contributed by atoms with Crippen molar-refractivity contribution in [3.8, 4) is 17.1 Å². The van der Waals surface area contributed by atoms with Gasteiger partial charge in [-0.3, -0.25) is 0 Å². The van der Waals surface area contributed by atoms with E-state index in [1.165, 1.54) is 11.3 Å². The van der Waals surface area contributed by atoms with Crippen LogP contribution in [0, 0.1) is 0 Å². The lowest BCUT2D eigenvalue weighted by atomic mass is 10.2. The summed E-state index contributed by atoms with van der Waals surface area (Å²) in [5.74, 6) is 1.51. The standard InChI is InChI=1S/C17H14ClN5OS/c1-2-24-12-9-7-11(8-10-12)15-20-21-17-23(15)22-16(25-17)19-14-6-4-3-5-13(14)18/h3-10H,2H2,1H3,(H,19,22). The molecule has 0 spiro atoms. The summed E-state index contributed by atoms with van der Waals surface area (Å²) >= 11 is 7.59. The summed E-state index contributed by atoms with van der Waals surface area (Å²) in [6.45, 7) is 2.59. The number of para-hydroxylation sites is 1. The first kappa shape index (κ1) is 15.9. The average molecular weight is 372 g/mol. The zero-order chi connectivity index (χ0) is 17.2. The van der Waals surface area contributed by atoms with E-state index < -0.39 is 0 Å². The van der Waals surface area contributed by atoms with Crippen molar-refractivity contribution in [1.82, 2.24) is 19.8 Å². The van der Waals surface area contributed by atoms with Gasteiger partial charge in [-0.05, 0) is 43.3 Å². The van der Waals surface area contributed by atoms with Gasteiger partial charge in [0.15, 0.2) is 5.82 Å². The van der Waals surface area contributed by atoms with Gasteiger partial charge >= 0.3 is 0 Å². The molecule has 4 rings (SSSR count). The molecule has 0 atom stereocenters. The van der Waals surface area contributed by atoms with Crippen molar-refractivity contribution < 1.29 is 4.74 Å². The van der Waals surface area contributed by atoms with E-state index in [0.29, 0.717) is 27.5 Å². The molecule has 0 bridgehead atoms. The number of rotatable bonds is 5. The molecular formula is C17H14ClN5OS. The highest BCUT2D eigenvalue weighted by atomic mass is 35.5. The Hall–Kier alpha value is -2.64. The molecule has 0 radical (unpaired) electrons. The van der Waals surface area contributed by atoms with E-state index in [4.69, 9.17) is 16.3 Å². The molecule has 2 heterocycles. The van der Waals surface area contributed by atoms with E-state index in [1.807, 2.05) is 55.5 Å². The van der Waals surface area contributed by atoms with E-state index in [-0.39, 0.29) is 0 Å². The van der Waals surface area contributed by atoms with E-state index in [0.717, 1.165) is 17.0 Å². The van der Waals surface area contributed by atoms with Crippen molar-refractivity contribution in [3.05, 3.63) is 53.6 Å². The Morgan fingerprint density at radius 2 is 1.92 bits per heavy atom. The highest BCUT2D eigenvalue weighted by Crippen LogP contribution is 2.29.